The lowest BCUT2D eigenvalue weighted by Gasteiger charge is -2.20. The molecule has 0 bridgehead atoms. The molecule has 0 radical (unpaired) electrons. The highest BCUT2D eigenvalue weighted by Crippen LogP contribution is 2.35. The van der Waals surface area contributed by atoms with E-state index in [9.17, 15) is 4.79 Å². The lowest BCUT2D eigenvalue weighted by molar-refractivity contribution is 0.0827. The van der Waals surface area contributed by atoms with Gasteiger partial charge in [0.15, 0.2) is 0 Å². The van der Waals surface area contributed by atoms with Crippen molar-refractivity contribution in [3.05, 3.63) is 35.7 Å². The van der Waals surface area contributed by atoms with Crippen LogP contribution in [0.25, 0.3) is 11.4 Å². The first-order valence-electron chi connectivity index (χ1n) is 6.81. The zero-order valence-corrected chi connectivity index (χ0v) is 11.7. The second-order valence-electron chi connectivity index (χ2n) is 5.36. The van der Waals surface area contributed by atoms with Crippen LogP contribution in [-0.2, 0) is 0 Å². The van der Waals surface area contributed by atoms with E-state index in [2.05, 4.69) is 10.1 Å². The smallest absolute Gasteiger partial charge is 0.253 e. The Morgan fingerprint density at radius 1 is 1.25 bits per heavy atom. The largest absolute Gasteiger partial charge is 0.345 e. The van der Waals surface area contributed by atoms with E-state index in [0.717, 1.165) is 24.3 Å². The van der Waals surface area contributed by atoms with E-state index in [1.165, 1.54) is 6.42 Å². The van der Waals surface area contributed by atoms with Gasteiger partial charge in [-0.1, -0.05) is 23.7 Å². The lowest BCUT2D eigenvalue weighted by Crippen LogP contribution is -2.21. The Labute approximate surface area is 117 Å². The third-order valence-electron chi connectivity index (χ3n) is 3.69. The molecule has 0 spiro atoms. The average molecular weight is 271 g/mol. The Morgan fingerprint density at radius 3 is 2.50 bits per heavy atom. The monoisotopic (exact) mass is 271 g/mol. The molecule has 0 atom stereocenters. The van der Waals surface area contributed by atoms with E-state index in [0.29, 0.717) is 17.3 Å². The summed E-state index contributed by atoms with van der Waals surface area (Å²) in [6.45, 7) is 0. The molecule has 104 valence electrons. The van der Waals surface area contributed by atoms with Crippen LogP contribution in [0.2, 0.25) is 0 Å². The highest BCUT2D eigenvalue weighted by atomic mass is 16.5. The van der Waals surface area contributed by atoms with Gasteiger partial charge in [0.1, 0.15) is 0 Å². The van der Waals surface area contributed by atoms with E-state index >= 15 is 0 Å². The topological polar surface area (TPSA) is 59.2 Å². The standard InChI is InChI=1S/C15H17N3O2/c1-18(2)15(19)12-8-6-10(7-9-12)13-16-14(20-17-13)11-4-3-5-11/h6-9,11H,3-5H2,1-2H3. The Morgan fingerprint density at radius 2 is 1.95 bits per heavy atom. The maximum atomic E-state index is 11.8. The summed E-state index contributed by atoms with van der Waals surface area (Å²) in [4.78, 5) is 17.8. The normalized spacial score (nSPS) is 14.9. The predicted molar refractivity (Wildman–Crippen MR) is 74.3 cm³/mol. The number of benzene rings is 1. The van der Waals surface area contributed by atoms with Crippen LogP contribution in [0.15, 0.2) is 28.8 Å². The van der Waals surface area contributed by atoms with Crippen LogP contribution in [0.1, 0.15) is 41.4 Å². The molecule has 0 saturated heterocycles. The molecule has 1 amide bonds. The van der Waals surface area contributed by atoms with Gasteiger partial charge in [0, 0.05) is 31.1 Å². The molecule has 1 fully saturated rings. The summed E-state index contributed by atoms with van der Waals surface area (Å²) >= 11 is 0. The minimum Gasteiger partial charge on any atom is -0.345 e. The minimum absolute atomic E-state index is 0.0141. The molecular weight excluding hydrogens is 254 g/mol. The number of aromatic nitrogens is 2. The summed E-state index contributed by atoms with van der Waals surface area (Å²) in [7, 11) is 3.47. The van der Waals surface area contributed by atoms with Crippen molar-refractivity contribution < 1.29 is 9.32 Å². The van der Waals surface area contributed by atoms with E-state index in [4.69, 9.17) is 4.52 Å². The minimum atomic E-state index is -0.0141. The van der Waals surface area contributed by atoms with Crippen molar-refractivity contribution in [2.45, 2.75) is 25.2 Å². The third-order valence-corrected chi connectivity index (χ3v) is 3.69. The molecule has 3 rings (SSSR count). The van der Waals surface area contributed by atoms with E-state index in [1.54, 1.807) is 31.1 Å². The fourth-order valence-electron chi connectivity index (χ4n) is 2.19. The molecule has 5 nitrogen and oxygen atoms in total. The van der Waals surface area contributed by atoms with E-state index in [-0.39, 0.29) is 5.91 Å². The molecule has 20 heavy (non-hydrogen) atoms. The van der Waals surface area contributed by atoms with Gasteiger partial charge in [-0.15, -0.1) is 0 Å². The van der Waals surface area contributed by atoms with E-state index in [1.807, 2.05) is 12.1 Å². The molecule has 1 saturated carbocycles. The van der Waals surface area contributed by atoms with Crippen molar-refractivity contribution in [3.8, 4) is 11.4 Å². The van der Waals surface area contributed by atoms with Crippen LogP contribution in [0.3, 0.4) is 0 Å². The average Bonchev–Trinajstić information content (AvgIpc) is 2.85. The molecule has 1 heterocycles. The third kappa shape index (κ3) is 2.31. The Hall–Kier alpha value is -2.17. The first-order chi connectivity index (χ1) is 9.65. The summed E-state index contributed by atoms with van der Waals surface area (Å²) in [5.74, 6) is 1.75. The fraction of sp³-hybridized carbons (Fsp3) is 0.400. The Kier molecular flexibility index (Phi) is 3.26. The van der Waals surface area contributed by atoms with Gasteiger partial charge in [0.2, 0.25) is 11.7 Å². The SMILES string of the molecule is CN(C)C(=O)c1ccc(-c2noc(C3CCC3)n2)cc1. The fourth-order valence-corrected chi connectivity index (χ4v) is 2.19. The quantitative estimate of drug-likeness (QED) is 0.861. The number of amides is 1. The summed E-state index contributed by atoms with van der Waals surface area (Å²) in [5, 5.41) is 4.02. The van der Waals surface area contributed by atoms with Gasteiger partial charge in [-0.05, 0) is 25.0 Å². The maximum absolute atomic E-state index is 11.8. The zero-order chi connectivity index (χ0) is 14.1. The molecule has 2 aromatic rings. The van der Waals surface area contributed by atoms with Crippen molar-refractivity contribution >= 4 is 5.91 Å². The Bertz CT molecular complexity index is 612. The van der Waals surface area contributed by atoms with Gasteiger partial charge < -0.3 is 9.42 Å². The van der Waals surface area contributed by atoms with Gasteiger partial charge in [0.25, 0.3) is 5.91 Å². The summed E-state index contributed by atoms with van der Waals surface area (Å²) in [5.41, 5.74) is 1.52. The zero-order valence-electron chi connectivity index (χ0n) is 11.7. The molecule has 0 aliphatic heterocycles. The first kappa shape index (κ1) is 12.8. The van der Waals surface area contributed by atoms with Crippen LogP contribution >= 0.6 is 0 Å². The summed E-state index contributed by atoms with van der Waals surface area (Å²) < 4.78 is 5.30. The van der Waals surface area contributed by atoms with Crippen LogP contribution in [0, 0.1) is 0 Å². The second kappa shape index (κ2) is 5.07. The number of carbonyl (C=O) groups is 1. The van der Waals surface area contributed by atoms with Crippen molar-refractivity contribution in [1.82, 2.24) is 15.0 Å². The van der Waals surface area contributed by atoms with Crippen LogP contribution < -0.4 is 0 Å². The maximum Gasteiger partial charge on any atom is 0.253 e. The van der Waals surface area contributed by atoms with Crippen molar-refractivity contribution in [2.24, 2.45) is 0 Å². The summed E-state index contributed by atoms with van der Waals surface area (Å²) in [6.07, 6.45) is 3.51. The Balaban J connectivity index is 1.80. The number of carbonyl (C=O) groups excluding carboxylic acids is 1. The van der Waals surface area contributed by atoms with Gasteiger partial charge >= 0.3 is 0 Å². The first-order valence-corrected chi connectivity index (χ1v) is 6.81. The predicted octanol–water partition coefficient (Wildman–Crippen LogP) is 2.71. The van der Waals surface area contributed by atoms with Gasteiger partial charge in [-0.2, -0.15) is 4.98 Å². The molecule has 1 aromatic heterocycles. The second-order valence-corrected chi connectivity index (χ2v) is 5.36. The number of nitrogens with zero attached hydrogens (tertiary/aromatic N) is 3. The molecule has 1 aromatic carbocycles. The van der Waals surface area contributed by atoms with Crippen LogP contribution in [0.5, 0.6) is 0 Å². The van der Waals surface area contributed by atoms with Gasteiger partial charge in [-0.3, -0.25) is 4.79 Å². The lowest BCUT2D eigenvalue weighted by atomic mass is 9.85. The molecule has 5 heteroatoms. The van der Waals surface area contributed by atoms with Crippen molar-refractivity contribution in [2.75, 3.05) is 14.1 Å². The van der Waals surface area contributed by atoms with Crippen molar-refractivity contribution in [1.29, 1.82) is 0 Å². The highest BCUT2D eigenvalue weighted by Gasteiger charge is 2.25. The molecule has 0 N–H and O–H groups in total. The summed E-state index contributed by atoms with van der Waals surface area (Å²) in [6, 6.07) is 7.28. The highest BCUT2D eigenvalue weighted by molar-refractivity contribution is 5.94. The van der Waals surface area contributed by atoms with Crippen LogP contribution in [0.4, 0.5) is 0 Å². The number of hydrogen-bond acceptors (Lipinski definition) is 4. The van der Waals surface area contributed by atoms with Gasteiger partial charge in [-0.25, -0.2) is 0 Å². The number of rotatable bonds is 3. The van der Waals surface area contributed by atoms with E-state index < -0.39 is 0 Å². The number of hydrogen-bond donors (Lipinski definition) is 0. The van der Waals surface area contributed by atoms with Crippen molar-refractivity contribution in [3.63, 3.8) is 0 Å². The molecular formula is C15H17N3O2. The molecule has 0 unspecified atom stereocenters. The molecule has 1 aliphatic rings. The van der Waals surface area contributed by atoms with Gasteiger partial charge in [0.05, 0.1) is 0 Å². The van der Waals surface area contributed by atoms with Crippen LogP contribution in [-0.4, -0.2) is 35.0 Å². The molecule has 1 aliphatic carbocycles.